The molecule has 0 radical (unpaired) electrons. The van der Waals surface area contributed by atoms with Crippen molar-refractivity contribution in [2.75, 3.05) is 32.7 Å². The number of ether oxygens (including phenoxy) is 2. The monoisotopic (exact) mass is 821 g/mol. The lowest BCUT2D eigenvalue weighted by Crippen LogP contribution is -2.67. The Labute approximate surface area is 345 Å². The van der Waals surface area contributed by atoms with Gasteiger partial charge < -0.3 is 40.7 Å². The number of hydrogen-bond acceptors (Lipinski definition) is 10. The van der Waals surface area contributed by atoms with Crippen LogP contribution in [-0.4, -0.2) is 108 Å². The van der Waals surface area contributed by atoms with Crippen LogP contribution in [0.15, 0.2) is 54.6 Å². The Kier molecular flexibility index (Phi) is 14.4. The lowest BCUT2D eigenvalue weighted by atomic mass is 9.47. The van der Waals surface area contributed by atoms with Gasteiger partial charge in [0.1, 0.15) is 29.5 Å². The highest BCUT2D eigenvalue weighted by Crippen LogP contribution is 2.62. The second-order valence-electron chi connectivity index (χ2n) is 17.3. The third-order valence-electron chi connectivity index (χ3n) is 11.5. The second-order valence-corrected chi connectivity index (χ2v) is 18.3. The van der Waals surface area contributed by atoms with Crippen LogP contribution in [0.3, 0.4) is 0 Å². The number of benzene rings is 2. The quantitative estimate of drug-likeness (QED) is 0.146. The van der Waals surface area contributed by atoms with Gasteiger partial charge in [0.25, 0.3) is 0 Å². The first-order valence-corrected chi connectivity index (χ1v) is 21.4. The molecule has 6 rings (SSSR count). The zero-order chi connectivity index (χ0) is 42.3. The molecule has 4 fully saturated rings. The van der Waals surface area contributed by atoms with Crippen molar-refractivity contribution < 1.29 is 43.3 Å². The van der Waals surface area contributed by atoms with Crippen LogP contribution in [-0.2, 0) is 46.3 Å². The van der Waals surface area contributed by atoms with Crippen LogP contribution >= 0.6 is 11.8 Å². The first-order valence-electron chi connectivity index (χ1n) is 20.0. The smallest absolute Gasteiger partial charge is 0.408 e. The minimum absolute atomic E-state index is 0.0435. The Morgan fingerprint density at radius 3 is 2.10 bits per heavy atom. The molecule has 14 nitrogen and oxygen atoms in total. The Balaban J connectivity index is 1.28. The fourth-order valence-electron chi connectivity index (χ4n) is 9.34. The maximum Gasteiger partial charge on any atom is 0.408 e. The zero-order valence-corrected chi connectivity index (χ0v) is 35.2. The molecule has 2 unspecified atom stereocenters. The molecule has 4 aliphatic rings. The molecule has 0 spiro atoms. The normalized spacial score (nSPS) is 23.4. The predicted octanol–water partition coefficient (Wildman–Crippen LogP) is 3.88. The van der Waals surface area contributed by atoms with E-state index in [0.29, 0.717) is 29.6 Å². The molecule has 2 aromatic rings. The number of methoxy groups -OCH3 is 1. The van der Waals surface area contributed by atoms with Gasteiger partial charge >= 0.3 is 12.1 Å². The number of hydrogen-bond donors (Lipinski definition) is 5. The first-order chi connectivity index (χ1) is 27.4. The Hall–Kier alpha value is -4.79. The minimum Gasteiger partial charge on any atom is -0.508 e. The molecule has 0 aliphatic heterocycles. The Morgan fingerprint density at radius 1 is 0.862 bits per heavy atom. The molecular weight excluding hydrogens is 763 g/mol. The second kappa shape index (κ2) is 18.9. The fraction of sp³-hybridized carbons (Fsp3) is 0.581. The Morgan fingerprint density at radius 2 is 1.50 bits per heavy atom. The van der Waals surface area contributed by atoms with Gasteiger partial charge in [-0.05, 0) is 113 Å². The molecule has 15 heteroatoms. The molecule has 4 aliphatic carbocycles. The van der Waals surface area contributed by atoms with Gasteiger partial charge in [-0.15, -0.1) is 0 Å². The number of likely N-dealkylation sites (N-methyl/N-ethyl adjacent to an activating group) is 1. The number of phenolic OH excluding ortho intramolecular Hbond substituents is 1. The van der Waals surface area contributed by atoms with E-state index >= 15 is 0 Å². The number of aromatic hydroxyl groups is 1. The SMILES string of the molecule is COC(=O)C12CC3CC(CC(NC(=O)[C@H](Cc4ccccc4)N(C)C(=O)CNC(=O)[C@@H](CCSC)NC(=O)[C@H](Cc4ccc(O)cc4)NC(=O)OC(C)(C)C)(C3)C1)C2. The molecule has 4 saturated carbocycles. The number of thioether (sulfide) groups is 1. The summed E-state index contributed by atoms with van der Waals surface area (Å²) in [6, 6.07) is 12.5. The van der Waals surface area contributed by atoms with Crippen molar-refractivity contribution >= 4 is 47.5 Å². The van der Waals surface area contributed by atoms with E-state index in [1.807, 2.05) is 36.6 Å². The van der Waals surface area contributed by atoms with Crippen LogP contribution in [0.4, 0.5) is 4.79 Å². The number of nitrogens with zero attached hydrogens (tertiary/aromatic N) is 1. The number of rotatable bonds is 17. The van der Waals surface area contributed by atoms with Gasteiger partial charge in [0.2, 0.25) is 23.6 Å². The highest BCUT2D eigenvalue weighted by atomic mass is 32.2. The van der Waals surface area contributed by atoms with E-state index in [9.17, 15) is 33.9 Å². The summed E-state index contributed by atoms with van der Waals surface area (Å²) >= 11 is 1.48. The van der Waals surface area contributed by atoms with Crippen molar-refractivity contribution in [2.45, 2.75) is 108 Å². The molecule has 5 amide bonds. The molecule has 5 N–H and O–H groups in total. The van der Waals surface area contributed by atoms with E-state index in [2.05, 4.69) is 21.3 Å². The van der Waals surface area contributed by atoms with Crippen LogP contribution in [0.25, 0.3) is 0 Å². The maximum absolute atomic E-state index is 14.4. The average molecular weight is 822 g/mol. The third kappa shape index (κ3) is 11.4. The molecule has 0 heterocycles. The summed E-state index contributed by atoms with van der Waals surface area (Å²) in [6.45, 7) is 4.66. The van der Waals surface area contributed by atoms with Gasteiger partial charge in [0, 0.05) is 25.4 Å². The van der Waals surface area contributed by atoms with Crippen molar-refractivity contribution in [1.29, 1.82) is 0 Å². The van der Waals surface area contributed by atoms with Crippen LogP contribution in [0, 0.1) is 17.3 Å². The van der Waals surface area contributed by atoms with Gasteiger partial charge in [-0.3, -0.25) is 24.0 Å². The van der Waals surface area contributed by atoms with E-state index in [0.717, 1.165) is 37.7 Å². The molecule has 2 aromatic carbocycles. The molecule has 4 bridgehead atoms. The molecule has 58 heavy (non-hydrogen) atoms. The maximum atomic E-state index is 14.4. The number of alkyl carbamates (subject to hydrolysis) is 1. The van der Waals surface area contributed by atoms with Gasteiger partial charge in [0.15, 0.2) is 0 Å². The summed E-state index contributed by atoms with van der Waals surface area (Å²) in [4.78, 5) is 82.9. The molecular formula is C43H59N5O9S. The summed E-state index contributed by atoms with van der Waals surface area (Å²) in [5, 5.41) is 21.1. The number of carbonyl (C=O) groups is 6. The van der Waals surface area contributed by atoms with Gasteiger partial charge in [-0.2, -0.15) is 11.8 Å². The molecule has 0 saturated heterocycles. The number of phenols is 1. The number of amides is 5. The van der Waals surface area contributed by atoms with Crippen molar-refractivity contribution in [2.24, 2.45) is 17.3 Å². The van der Waals surface area contributed by atoms with Crippen molar-refractivity contribution in [3.63, 3.8) is 0 Å². The van der Waals surface area contributed by atoms with Crippen molar-refractivity contribution in [3.8, 4) is 5.75 Å². The lowest BCUT2D eigenvalue weighted by Gasteiger charge is -2.61. The number of esters is 1. The van der Waals surface area contributed by atoms with E-state index in [4.69, 9.17) is 9.47 Å². The topological polar surface area (TPSA) is 192 Å². The van der Waals surface area contributed by atoms with Gasteiger partial charge in [-0.1, -0.05) is 42.5 Å². The largest absolute Gasteiger partial charge is 0.508 e. The predicted molar refractivity (Wildman–Crippen MR) is 220 cm³/mol. The fourth-order valence-corrected chi connectivity index (χ4v) is 9.81. The summed E-state index contributed by atoms with van der Waals surface area (Å²) in [5.41, 5.74) is -0.527. The number of carbonyl (C=O) groups excluding carboxylic acids is 6. The molecule has 0 aromatic heterocycles. The Bertz CT molecular complexity index is 1790. The van der Waals surface area contributed by atoms with E-state index in [-0.39, 0.29) is 36.9 Å². The van der Waals surface area contributed by atoms with Crippen molar-refractivity contribution in [1.82, 2.24) is 26.2 Å². The highest BCUT2D eigenvalue weighted by molar-refractivity contribution is 7.98. The van der Waals surface area contributed by atoms with Crippen molar-refractivity contribution in [3.05, 3.63) is 65.7 Å². The molecule has 316 valence electrons. The summed E-state index contributed by atoms with van der Waals surface area (Å²) in [5.74, 6) is -1.13. The van der Waals surface area contributed by atoms with E-state index in [1.54, 1.807) is 40.0 Å². The highest BCUT2D eigenvalue weighted by Gasteiger charge is 2.62. The standard InChI is InChI=1S/C43H59N5O9S/c1-41(2,3)57-40(55)46-33(19-28-12-14-31(49)15-13-28)37(52)45-32(16-17-58-6)36(51)44-25-35(50)48(4)34(20-27-10-8-7-9-11-27)38(53)47-43-23-29-18-30(24-43)22-42(21-29,26-43)39(54)56-5/h7-15,29-30,32-34,49H,16-26H2,1-6H3,(H,44,51)(H,45,52)(H,46,55)(H,47,53)/t29?,30?,32-,33+,34+,42?,43?/m1/s1. The summed E-state index contributed by atoms with van der Waals surface area (Å²) in [7, 11) is 2.96. The minimum atomic E-state index is -1.13. The van der Waals surface area contributed by atoms with Gasteiger partial charge in [0.05, 0.1) is 19.1 Å². The van der Waals surface area contributed by atoms with Crippen LogP contribution in [0.1, 0.15) is 76.8 Å². The summed E-state index contributed by atoms with van der Waals surface area (Å²) < 4.78 is 10.7. The van der Waals surface area contributed by atoms with E-state index in [1.165, 1.54) is 35.9 Å². The summed E-state index contributed by atoms with van der Waals surface area (Å²) in [6.07, 6.45) is 6.15. The van der Waals surface area contributed by atoms with Crippen LogP contribution in [0.2, 0.25) is 0 Å². The van der Waals surface area contributed by atoms with Gasteiger partial charge in [-0.25, -0.2) is 4.79 Å². The lowest BCUT2D eigenvalue weighted by molar-refractivity contribution is -0.173. The first kappa shape index (κ1) is 44.3. The third-order valence-corrected chi connectivity index (χ3v) is 12.2. The zero-order valence-electron chi connectivity index (χ0n) is 34.4. The number of nitrogens with one attached hydrogen (secondary N) is 4. The van der Waals surface area contributed by atoms with Crippen LogP contribution in [0.5, 0.6) is 5.75 Å². The molecule has 5 atom stereocenters. The van der Waals surface area contributed by atoms with E-state index < -0.39 is 65.0 Å². The van der Waals surface area contributed by atoms with Crippen LogP contribution < -0.4 is 21.3 Å². The average Bonchev–Trinajstić information content (AvgIpc) is 3.16.